The number of ether oxygens (including phenoxy) is 4. The Morgan fingerprint density at radius 3 is 1.17 bits per heavy atom. The maximum atomic E-state index is 12.7. The van der Waals surface area contributed by atoms with Crippen LogP contribution in [0.15, 0.2) is 134 Å². The van der Waals surface area contributed by atoms with E-state index in [-0.39, 0.29) is 127 Å². The third-order valence-corrected chi connectivity index (χ3v) is 13.9. The van der Waals surface area contributed by atoms with Crippen LogP contribution in [0.5, 0.6) is 11.5 Å². The van der Waals surface area contributed by atoms with Gasteiger partial charge in [0, 0.05) is 92.6 Å². The maximum Gasteiger partial charge on any atom is 1.00 e. The number of esters is 3. The molecule has 3 N–H and O–H groups in total. The van der Waals surface area contributed by atoms with Crippen molar-refractivity contribution in [1.82, 2.24) is 14.7 Å². The SMILES string of the molecule is C.C=CC(=O)OCCN1C(=O)c2cccc3c(OC)ccc(c23)C1=O.COc1ccc2c3c(cccc13)C(=O)N(CCO)C2=O.O=C1OC(=O)c2ccc(Cl)c3cccc1c23.O=C1c2cccc3c(Cl)ccc(c23)C(=O)N1CCO.[K+].[OH-]. The quantitative estimate of drug-likeness (QED) is 0.0526. The van der Waals surface area contributed by atoms with Gasteiger partial charge in [0.15, 0.2) is 0 Å². The number of carbonyl (C=O) groups is 9. The fourth-order valence-electron chi connectivity index (χ4n) is 9.72. The van der Waals surface area contributed by atoms with Crippen LogP contribution in [0.25, 0.3) is 43.1 Å². The van der Waals surface area contributed by atoms with Gasteiger partial charge in [-0.1, -0.05) is 85.7 Å². The molecule has 414 valence electrons. The number of benzene rings is 8. The third kappa shape index (κ3) is 11.5. The Morgan fingerprint density at radius 2 is 0.793 bits per heavy atom. The zero-order valence-electron chi connectivity index (χ0n) is 43.3. The molecule has 0 unspecified atom stereocenters. The summed E-state index contributed by atoms with van der Waals surface area (Å²) in [6.45, 7) is 2.69. The van der Waals surface area contributed by atoms with Gasteiger partial charge in [-0.3, -0.25) is 43.5 Å². The van der Waals surface area contributed by atoms with Crippen LogP contribution < -0.4 is 60.9 Å². The average molecular weight is 1180 g/mol. The van der Waals surface area contributed by atoms with Crippen LogP contribution >= 0.6 is 23.2 Å². The first-order valence-electron chi connectivity index (χ1n) is 24.1. The number of amides is 6. The van der Waals surface area contributed by atoms with E-state index in [0.29, 0.717) is 104 Å². The first-order chi connectivity index (χ1) is 38.1. The van der Waals surface area contributed by atoms with Gasteiger partial charge >= 0.3 is 69.3 Å². The molecule has 0 fully saturated rings. The number of cyclic esters (lactones) is 2. The number of aliphatic hydroxyl groups is 2. The monoisotopic (exact) mass is 1180 g/mol. The summed E-state index contributed by atoms with van der Waals surface area (Å²) >= 11 is 12.1. The predicted molar refractivity (Wildman–Crippen MR) is 299 cm³/mol. The molecular formula is C60H48Cl2KN3O16. The molecule has 0 aliphatic carbocycles. The molecule has 4 aliphatic heterocycles. The van der Waals surface area contributed by atoms with Crippen molar-refractivity contribution in [2.75, 3.05) is 53.7 Å². The first kappa shape index (κ1) is 63.4. The minimum atomic E-state index is -0.620. The van der Waals surface area contributed by atoms with E-state index in [1.165, 1.54) is 7.11 Å². The number of nitrogens with zero attached hydrogens (tertiary/aromatic N) is 3. The smallest absolute Gasteiger partial charge is 0.870 e. The van der Waals surface area contributed by atoms with Gasteiger partial charge < -0.3 is 34.6 Å². The third-order valence-electron chi connectivity index (χ3n) is 13.3. The number of hydrogen-bond acceptors (Lipinski definition) is 16. The van der Waals surface area contributed by atoms with E-state index in [4.69, 9.17) is 47.6 Å². The molecule has 4 heterocycles. The molecule has 0 bridgehead atoms. The van der Waals surface area contributed by atoms with E-state index in [1.807, 2.05) is 12.1 Å². The van der Waals surface area contributed by atoms with E-state index < -0.39 is 29.7 Å². The number of hydrogen-bond donors (Lipinski definition) is 2. The van der Waals surface area contributed by atoms with Gasteiger partial charge in [0.25, 0.3) is 35.4 Å². The van der Waals surface area contributed by atoms with E-state index in [0.717, 1.165) is 26.2 Å². The molecule has 8 aromatic carbocycles. The Hall–Kier alpha value is -7.73. The van der Waals surface area contributed by atoms with Crippen LogP contribution in [0, 0.1) is 0 Å². The van der Waals surface area contributed by atoms with Gasteiger partial charge in [-0.05, 0) is 72.8 Å². The molecular weight excluding hydrogens is 1130 g/mol. The minimum absolute atomic E-state index is 0. The maximum absolute atomic E-state index is 12.7. The number of methoxy groups -OCH3 is 2. The molecule has 0 aromatic heterocycles. The summed E-state index contributed by atoms with van der Waals surface area (Å²) in [6, 6.07) is 34.0. The van der Waals surface area contributed by atoms with Crippen molar-refractivity contribution in [1.29, 1.82) is 0 Å². The second kappa shape index (κ2) is 26.9. The number of β-amino-alcohol motifs (C(OH)–C–C–N with tert-alkyl or cyclic N) is 2. The molecule has 0 saturated carbocycles. The van der Waals surface area contributed by atoms with E-state index in [1.54, 1.807) is 116 Å². The zero-order valence-corrected chi connectivity index (χ0v) is 48.0. The summed E-state index contributed by atoms with van der Waals surface area (Å²) in [5.74, 6) is -2.98. The fourth-order valence-corrected chi connectivity index (χ4v) is 10.2. The van der Waals surface area contributed by atoms with Gasteiger partial charge in [-0.2, -0.15) is 0 Å². The van der Waals surface area contributed by atoms with Crippen molar-refractivity contribution < 1.29 is 129 Å². The summed E-state index contributed by atoms with van der Waals surface area (Å²) in [6.07, 6.45) is 1.03. The Bertz CT molecular complexity index is 3890. The molecule has 0 saturated heterocycles. The predicted octanol–water partition coefficient (Wildman–Crippen LogP) is 5.96. The molecule has 0 spiro atoms. The summed E-state index contributed by atoms with van der Waals surface area (Å²) in [7, 11) is 3.09. The normalized spacial score (nSPS) is 13.3. The molecule has 22 heteroatoms. The van der Waals surface area contributed by atoms with Gasteiger partial charge in [-0.25, -0.2) is 14.4 Å². The Kier molecular flexibility index (Phi) is 20.8. The van der Waals surface area contributed by atoms with Crippen LogP contribution in [0.1, 0.15) is 90.3 Å². The van der Waals surface area contributed by atoms with Crippen molar-refractivity contribution in [2.24, 2.45) is 0 Å². The molecule has 6 amide bonds. The van der Waals surface area contributed by atoms with Crippen molar-refractivity contribution in [2.45, 2.75) is 7.43 Å². The van der Waals surface area contributed by atoms with Gasteiger partial charge in [0.2, 0.25) is 0 Å². The number of halogens is 2. The van der Waals surface area contributed by atoms with Crippen LogP contribution in [0.3, 0.4) is 0 Å². The van der Waals surface area contributed by atoms with Crippen molar-refractivity contribution in [3.8, 4) is 11.5 Å². The largest absolute Gasteiger partial charge is 1.00 e. The fraction of sp³-hybridized carbons (Fsp3) is 0.150. The molecule has 8 aromatic rings. The van der Waals surface area contributed by atoms with Gasteiger partial charge in [0.05, 0.1) is 58.2 Å². The molecule has 12 rings (SSSR count). The average Bonchev–Trinajstić information content (AvgIpc) is 3.67. The van der Waals surface area contributed by atoms with Gasteiger partial charge in [-0.15, -0.1) is 0 Å². The summed E-state index contributed by atoms with van der Waals surface area (Å²) < 4.78 is 20.1. The van der Waals surface area contributed by atoms with Crippen molar-refractivity contribution in [3.05, 3.63) is 189 Å². The van der Waals surface area contributed by atoms with E-state index in [9.17, 15) is 43.2 Å². The zero-order chi connectivity index (χ0) is 56.4. The van der Waals surface area contributed by atoms with Crippen molar-refractivity contribution in [3.63, 3.8) is 0 Å². The number of carbonyl (C=O) groups excluding carboxylic acids is 9. The second-order valence-corrected chi connectivity index (χ2v) is 18.3. The summed E-state index contributed by atoms with van der Waals surface area (Å²) in [5.41, 5.74) is 3.44. The molecule has 0 radical (unpaired) electrons. The number of imide groups is 3. The number of rotatable bonds is 10. The minimum Gasteiger partial charge on any atom is -0.870 e. The Balaban J connectivity index is 0.000000175. The topological polar surface area (TPSA) is 271 Å². The van der Waals surface area contributed by atoms with Crippen LogP contribution in [-0.4, -0.2) is 137 Å². The number of aliphatic hydroxyl groups excluding tert-OH is 2. The van der Waals surface area contributed by atoms with Crippen LogP contribution in [0.4, 0.5) is 0 Å². The molecule has 82 heavy (non-hydrogen) atoms. The Labute approximate surface area is 520 Å². The molecule has 0 atom stereocenters. The second-order valence-electron chi connectivity index (χ2n) is 17.5. The Morgan fingerprint density at radius 1 is 0.488 bits per heavy atom. The van der Waals surface area contributed by atoms with Crippen LogP contribution in [0.2, 0.25) is 10.0 Å². The van der Waals surface area contributed by atoms with Crippen molar-refractivity contribution >= 4 is 120 Å². The molecule has 19 nitrogen and oxygen atoms in total. The van der Waals surface area contributed by atoms with E-state index in [2.05, 4.69) is 11.3 Å². The van der Waals surface area contributed by atoms with E-state index >= 15 is 0 Å². The molecule has 4 aliphatic rings. The summed E-state index contributed by atoms with van der Waals surface area (Å²) in [5, 5.41) is 24.3. The standard InChI is InChI=1S/C18H15NO5.C15H13NO4.C14H10ClNO3.C12H5ClO3.CH4.K.H2O/c1-3-15(20)24-10-9-19-17(21)12-6-4-5-11-14(23-2)8-7-13(16(11)12)18(19)22;1-20-12-6-5-11-13-9(12)3-2-4-10(13)14(18)16(7-8-17)15(11)19;15-11-5-4-10-12-8(11)2-1-3-9(12)13(18)16(6-7-17)14(10)19;13-9-5-4-8-10-6(9)2-1-3-7(10)11(14)16-12(8)15;;;/h3-8H,1,9-10H2,2H3;2-6,17H,7-8H2,1H3;1-5,17H,6-7H2;1-5H;1H4;;1H2/q;;;;;+1;/p-1. The first-order valence-corrected chi connectivity index (χ1v) is 24.8. The van der Waals surface area contributed by atoms with Gasteiger partial charge in [0.1, 0.15) is 18.1 Å². The summed E-state index contributed by atoms with van der Waals surface area (Å²) in [4.78, 5) is 112. The van der Waals surface area contributed by atoms with Crippen LogP contribution in [-0.2, 0) is 14.3 Å².